The van der Waals surface area contributed by atoms with Gasteiger partial charge in [-0.1, -0.05) is 0 Å². The molecular formula is C18H23FN4O2. The van der Waals surface area contributed by atoms with Crippen molar-refractivity contribution in [1.29, 1.82) is 0 Å². The molecule has 1 aliphatic heterocycles. The molecular weight excluding hydrogens is 323 g/mol. The summed E-state index contributed by atoms with van der Waals surface area (Å²) in [4.78, 5) is 16.7. The maximum absolute atomic E-state index is 13.0. The highest BCUT2D eigenvalue weighted by Gasteiger charge is 2.28. The SMILES string of the molecule is CN(C)C[C@H]1CCn2nccc2CN1C(=O)COc1ccc(F)cc1. The quantitative estimate of drug-likeness (QED) is 0.828. The lowest BCUT2D eigenvalue weighted by Gasteiger charge is -2.31. The van der Waals surface area contributed by atoms with Crippen molar-refractivity contribution in [2.75, 3.05) is 27.2 Å². The van der Waals surface area contributed by atoms with Gasteiger partial charge in [-0.15, -0.1) is 0 Å². The molecule has 0 N–H and O–H groups in total. The first kappa shape index (κ1) is 17.4. The molecule has 6 nitrogen and oxygen atoms in total. The molecule has 0 bridgehead atoms. The second-order valence-corrected chi connectivity index (χ2v) is 6.51. The molecule has 2 aromatic rings. The fourth-order valence-electron chi connectivity index (χ4n) is 3.09. The van der Waals surface area contributed by atoms with Crippen LogP contribution in [-0.2, 0) is 17.9 Å². The van der Waals surface area contributed by atoms with Crippen molar-refractivity contribution >= 4 is 5.91 Å². The minimum atomic E-state index is -0.328. The fraction of sp³-hybridized carbons (Fsp3) is 0.444. The van der Waals surface area contributed by atoms with Gasteiger partial charge in [0.25, 0.3) is 5.91 Å². The van der Waals surface area contributed by atoms with Crippen LogP contribution >= 0.6 is 0 Å². The van der Waals surface area contributed by atoms with E-state index < -0.39 is 0 Å². The Morgan fingerprint density at radius 1 is 1.32 bits per heavy atom. The molecule has 1 aromatic heterocycles. The van der Waals surface area contributed by atoms with Crippen molar-refractivity contribution < 1.29 is 13.9 Å². The molecule has 0 unspecified atom stereocenters. The molecule has 134 valence electrons. The van der Waals surface area contributed by atoms with E-state index in [1.54, 1.807) is 6.20 Å². The van der Waals surface area contributed by atoms with Crippen molar-refractivity contribution in [3.63, 3.8) is 0 Å². The van der Waals surface area contributed by atoms with E-state index in [1.165, 1.54) is 24.3 Å². The van der Waals surface area contributed by atoms with Gasteiger partial charge in [0.05, 0.1) is 12.2 Å². The lowest BCUT2D eigenvalue weighted by molar-refractivity contribution is -0.136. The van der Waals surface area contributed by atoms with Gasteiger partial charge in [-0.25, -0.2) is 4.39 Å². The van der Waals surface area contributed by atoms with Gasteiger partial charge in [0.15, 0.2) is 6.61 Å². The highest BCUT2D eigenvalue weighted by atomic mass is 19.1. The number of halogens is 1. The molecule has 0 saturated carbocycles. The zero-order chi connectivity index (χ0) is 17.8. The summed E-state index contributed by atoms with van der Waals surface area (Å²) in [5.74, 6) is 0.0788. The molecule has 0 saturated heterocycles. The van der Waals surface area contributed by atoms with E-state index in [0.717, 1.165) is 25.2 Å². The van der Waals surface area contributed by atoms with Crippen LogP contribution in [0.4, 0.5) is 4.39 Å². The van der Waals surface area contributed by atoms with Crippen LogP contribution in [0.25, 0.3) is 0 Å². The zero-order valence-electron chi connectivity index (χ0n) is 14.6. The van der Waals surface area contributed by atoms with Crippen molar-refractivity contribution in [3.8, 4) is 5.75 Å². The average Bonchev–Trinajstić information content (AvgIpc) is 2.96. The van der Waals surface area contributed by atoms with E-state index in [4.69, 9.17) is 4.74 Å². The third-order valence-corrected chi connectivity index (χ3v) is 4.32. The minimum absolute atomic E-state index is 0.0658. The van der Waals surface area contributed by atoms with E-state index in [2.05, 4.69) is 10.00 Å². The van der Waals surface area contributed by atoms with Crippen LogP contribution < -0.4 is 4.74 Å². The third-order valence-electron chi connectivity index (χ3n) is 4.32. The Morgan fingerprint density at radius 2 is 2.08 bits per heavy atom. The molecule has 0 radical (unpaired) electrons. The first-order valence-electron chi connectivity index (χ1n) is 8.36. The predicted octanol–water partition coefficient (Wildman–Crippen LogP) is 1.76. The molecule has 1 aliphatic rings. The van der Waals surface area contributed by atoms with Gasteiger partial charge < -0.3 is 14.5 Å². The van der Waals surface area contributed by atoms with Gasteiger partial charge in [0.1, 0.15) is 11.6 Å². The van der Waals surface area contributed by atoms with Crippen LogP contribution in [0, 0.1) is 5.82 Å². The summed E-state index contributed by atoms with van der Waals surface area (Å²) in [6, 6.07) is 7.73. The molecule has 0 aliphatic carbocycles. The molecule has 1 atom stereocenters. The van der Waals surface area contributed by atoms with E-state index in [9.17, 15) is 9.18 Å². The Kier molecular flexibility index (Phi) is 5.33. The monoisotopic (exact) mass is 346 g/mol. The molecule has 3 rings (SSSR count). The number of nitrogens with zero attached hydrogens (tertiary/aromatic N) is 4. The minimum Gasteiger partial charge on any atom is -0.484 e. The van der Waals surface area contributed by atoms with E-state index in [-0.39, 0.29) is 24.4 Å². The van der Waals surface area contributed by atoms with Crippen LogP contribution in [-0.4, -0.2) is 58.8 Å². The predicted molar refractivity (Wildman–Crippen MR) is 91.6 cm³/mol. The number of amides is 1. The number of rotatable bonds is 5. The molecule has 2 heterocycles. The van der Waals surface area contributed by atoms with Crippen LogP contribution in [0.2, 0.25) is 0 Å². The summed E-state index contributed by atoms with van der Waals surface area (Å²) in [7, 11) is 4.00. The first-order chi connectivity index (χ1) is 12.0. The molecule has 0 spiro atoms. The standard InChI is InChI=1S/C18H23FN4O2/c1-21(2)11-15-8-10-23-16(7-9-20-23)12-22(15)18(24)13-25-17-5-3-14(19)4-6-17/h3-7,9,15H,8,10-13H2,1-2H3/t15-/m1/s1. The summed E-state index contributed by atoms with van der Waals surface area (Å²) in [5, 5.41) is 4.32. The molecule has 1 amide bonds. The second kappa shape index (κ2) is 7.65. The highest BCUT2D eigenvalue weighted by molar-refractivity contribution is 5.78. The molecule has 0 fully saturated rings. The first-order valence-corrected chi connectivity index (χ1v) is 8.36. The number of ether oxygens (including phenoxy) is 1. The summed E-state index contributed by atoms with van der Waals surface area (Å²) in [5.41, 5.74) is 1.02. The van der Waals surface area contributed by atoms with Crippen LogP contribution in [0.3, 0.4) is 0 Å². The summed E-state index contributed by atoms with van der Waals surface area (Å²) >= 11 is 0. The van der Waals surface area contributed by atoms with Crippen LogP contribution in [0.5, 0.6) is 5.75 Å². The number of carbonyl (C=O) groups excluding carboxylic acids is 1. The van der Waals surface area contributed by atoms with Crippen molar-refractivity contribution in [3.05, 3.63) is 48.0 Å². The number of likely N-dealkylation sites (N-methyl/N-ethyl adjacent to an activating group) is 1. The number of aromatic nitrogens is 2. The fourth-order valence-corrected chi connectivity index (χ4v) is 3.09. The summed E-state index contributed by atoms with van der Waals surface area (Å²) in [6.45, 7) is 2.03. The number of carbonyl (C=O) groups is 1. The van der Waals surface area contributed by atoms with E-state index >= 15 is 0 Å². The smallest absolute Gasteiger partial charge is 0.261 e. The molecule has 25 heavy (non-hydrogen) atoms. The Bertz CT molecular complexity index is 714. The zero-order valence-corrected chi connectivity index (χ0v) is 14.6. The normalized spacial score (nSPS) is 17.3. The molecule has 7 heteroatoms. The Balaban J connectivity index is 1.70. The Labute approximate surface area is 146 Å². The van der Waals surface area contributed by atoms with Gasteiger partial charge in [0, 0.05) is 25.3 Å². The maximum atomic E-state index is 13.0. The van der Waals surface area contributed by atoms with E-state index in [1.807, 2.05) is 29.7 Å². The maximum Gasteiger partial charge on any atom is 0.261 e. The number of aryl methyl sites for hydroxylation is 1. The van der Waals surface area contributed by atoms with Crippen molar-refractivity contribution in [2.24, 2.45) is 0 Å². The van der Waals surface area contributed by atoms with Gasteiger partial charge in [-0.3, -0.25) is 9.48 Å². The van der Waals surface area contributed by atoms with Crippen LogP contribution in [0.1, 0.15) is 12.1 Å². The van der Waals surface area contributed by atoms with Gasteiger partial charge >= 0.3 is 0 Å². The number of hydrogen-bond acceptors (Lipinski definition) is 4. The average molecular weight is 346 g/mol. The second-order valence-electron chi connectivity index (χ2n) is 6.51. The number of benzene rings is 1. The summed E-state index contributed by atoms with van der Waals surface area (Å²) < 4.78 is 20.5. The lowest BCUT2D eigenvalue weighted by Crippen LogP contribution is -2.46. The van der Waals surface area contributed by atoms with Crippen LogP contribution in [0.15, 0.2) is 36.5 Å². The lowest BCUT2D eigenvalue weighted by atomic mass is 10.1. The van der Waals surface area contributed by atoms with Gasteiger partial charge in [0.2, 0.25) is 0 Å². The molecule has 1 aromatic carbocycles. The Hall–Kier alpha value is -2.41. The number of hydrogen-bond donors (Lipinski definition) is 0. The largest absolute Gasteiger partial charge is 0.484 e. The van der Waals surface area contributed by atoms with Gasteiger partial charge in [-0.05, 0) is 50.8 Å². The Morgan fingerprint density at radius 3 is 2.80 bits per heavy atom. The topological polar surface area (TPSA) is 50.6 Å². The van der Waals surface area contributed by atoms with Gasteiger partial charge in [-0.2, -0.15) is 5.10 Å². The number of fused-ring (bicyclic) bond motifs is 1. The summed E-state index contributed by atoms with van der Waals surface area (Å²) in [6.07, 6.45) is 2.61. The highest BCUT2D eigenvalue weighted by Crippen LogP contribution is 2.19. The third kappa shape index (κ3) is 4.36. The van der Waals surface area contributed by atoms with E-state index in [0.29, 0.717) is 12.3 Å². The van der Waals surface area contributed by atoms with Crippen molar-refractivity contribution in [1.82, 2.24) is 19.6 Å². The van der Waals surface area contributed by atoms with Crippen molar-refractivity contribution in [2.45, 2.75) is 25.6 Å².